The highest BCUT2D eigenvalue weighted by atomic mass is 16.2. The number of hydrogen-bond acceptors (Lipinski definition) is 3. The Bertz CT molecular complexity index is 340. The van der Waals surface area contributed by atoms with Crippen LogP contribution in [0.4, 0.5) is 0 Å². The van der Waals surface area contributed by atoms with Crippen molar-refractivity contribution in [2.75, 3.05) is 32.7 Å². The fourth-order valence-electron chi connectivity index (χ4n) is 2.51. The minimum Gasteiger partial charge on any atom is -0.353 e. The van der Waals surface area contributed by atoms with E-state index in [1.54, 1.807) is 0 Å². The second kappa shape index (κ2) is 6.37. The number of hydrogen-bond donors (Lipinski definition) is 1. The Kier molecular flexibility index (Phi) is 4.80. The van der Waals surface area contributed by atoms with Crippen molar-refractivity contribution in [2.45, 2.75) is 39.2 Å². The predicted octanol–water partition coefficient (Wildman–Crippen LogP) is 0.455. The number of carbonyl (C=O) groups excluding carboxylic acids is 2. The van der Waals surface area contributed by atoms with Gasteiger partial charge in [0.25, 0.3) is 0 Å². The summed E-state index contributed by atoms with van der Waals surface area (Å²) in [6.45, 7) is 7.71. The first kappa shape index (κ1) is 14.3. The Morgan fingerprint density at radius 1 is 1.16 bits per heavy atom. The normalized spacial score (nSPS) is 21.3. The Morgan fingerprint density at radius 2 is 1.89 bits per heavy atom. The smallest absolute Gasteiger partial charge is 0.234 e. The summed E-state index contributed by atoms with van der Waals surface area (Å²) >= 11 is 0. The number of rotatable bonds is 4. The highest BCUT2D eigenvalue weighted by Gasteiger charge is 2.33. The fraction of sp³-hybridized carbons (Fsp3) is 0.857. The summed E-state index contributed by atoms with van der Waals surface area (Å²) < 4.78 is 0. The van der Waals surface area contributed by atoms with E-state index in [1.165, 1.54) is 0 Å². The van der Waals surface area contributed by atoms with Crippen LogP contribution >= 0.6 is 0 Å². The molecule has 108 valence electrons. The van der Waals surface area contributed by atoms with Crippen LogP contribution in [0, 0.1) is 5.92 Å². The molecule has 1 heterocycles. The third-order valence-corrected chi connectivity index (χ3v) is 3.64. The van der Waals surface area contributed by atoms with Gasteiger partial charge in [0.05, 0.1) is 6.54 Å². The van der Waals surface area contributed by atoms with Gasteiger partial charge in [-0.05, 0) is 33.1 Å². The average Bonchev–Trinajstić information content (AvgIpc) is 3.14. The van der Waals surface area contributed by atoms with E-state index in [9.17, 15) is 9.59 Å². The second-order valence-corrected chi connectivity index (χ2v) is 5.95. The zero-order valence-electron chi connectivity index (χ0n) is 12.0. The fourth-order valence-corrected chi connectivity index (χ4v) is 2.51. The lowest BCUT2D eigenvalue weighted by Gasteiger charge is -2.22. The average molecular weight is 267 g/mol. The molecule has 1 saturated carbocycles. The summed E-state index contributed by atoms with van der Waals surface area (Å²) in [5.41, 5.74) is 0. The van der Waals surface area contributed by atoms with Gasteiger partial charge in [0.1, 0.15) is 0 Å². The molecule has 1 N–H and O–H groups in total. The predicted molar refractivity (Wildman–Crippen MR) is 73.6 cm³/mol. The zero-order chi connectivity index (χ0) is 13.8. The monoisotopic (exact) mass is 267 g/mol. The maximum Gasteiger partial charge on any atom is 0.234 e. The maximum atomic E-state index is 12.0. The molecule has 2 aliphatic rings. The van der Waals surface area contributed by atoms with E-state index >= 15 is 0 Å². The lowest BCUT2D eigenvalue weighted by molar-refractivity contribution is -0.132. The van der Waals surface area contributed by atoms with Gasteiger partial charge in [-0.25, -0.2) is 0 Å². The molecule has 0 spiro atoms. The molecule has 0 unspecified atom stereocenters. The van der Waals surface area contributed by atoms with Crippen LogP contribution in [0.1, 0.15) is 33.1 Å². The quantitative estimate of drug-likeness (QED) is 0.805. The molecule has 5 nitrogen and oxygen atoms in total. The van der Waals surface area contributed by atoms with Gasteiger partial charge in [0.2, 0.25) is 11.8 Å². The van der Waals surface area contributed by atoms with Gasteiger partial charge < -0.3 is 10.2 Å². The van der Waals surface area contributed by atoms with E-state index < -0.39 is 0 Å². The highest BCUT2D eigenvalue weighted by molar-refractivity contribution is 5.81. The summed E-state index contributed by atoms with van der Waals surface area (Å²) in [5, 5.41) is 2.91. The van der Waals surface area contributed by atoms with Crippen LogP contribution in [-0.4, -0.2) is 60.4 Å². The summed E-state index contributed by atoms with van der Waals surface area (Å²) in [6, 6.07) is 0.187. The number of nitrogens with one attached hydrogen (secondary N) is 1. The van der Waals surface area contributed by atoms with Crippen LogP contribution in [0.2, 0.25) is 0 Å². The lowest BCUT2D eigenvalue weighted by Crippen LogP contribution is -2.42. The van der Waals surface area contributed by atoms with Crippen LogP contribution in [0.15, 0.2) is 0 Å². The molecule has 5 heteroatoms. The van der Waals surface area contributed by atoms with Crippen LogP contribution in [0.5, 0.6) is 0 Å². The third kappa shape index (κ3) is 4.49. The van der Waals surface area contributed by atoms with Gasteiger partial charge in [-0.3, -0.25) is 14.5 Å². The topological polar surface area (TPSA) is 52.7 Å². The van der Waals surface area contributed by atoms with Crippen LogP contribution in [0.25, 0.3) is 0 Å². The van der Waals surface area contributed by atoms with Gasteiger partial charge in [0.15, 0.2) is 0 Å². The Balaban J connectivity index is 1.76. The molecule has 0 bridgehead atoms. The van der Waals surface area contributed by atoms with Crippen LogP contribution in [-0.2, 0) is 9.59 Å². The van der Waals surface area contributed by atoms with E-state index in [0.29, 0.717) is 18.4 Å². The van der Waals surface area contributed by atoms with Gasteiger partial charge in [-0.2, -0.15) is 0 Å². The maximum absolute atomic E-state index is 12.0. The van der Waals surface area contributed by atoms with E-state index in [0.717, 1.165) is 45.4 Å². The van der Waals surface area contributed by atoms with Crippen LogP contribution in [0.3, 0.4) is 0 Å². The Morgan fingerprint density at radius 3 is 2.53 bits per heavy atom. The summed E-state index contributed by atoms with van der Waals surface area (Å²) in [5.74, 6) is 0.709. The molecule has 0 aromatic rings. The summed E-state index contributed by atoms with van der Waals surface area (Å²) in [7, 11) is 0. The number of amides is 2. The molecule has 1 saturated heterocycles. The van der Waals surface area contributed by atoms with Gasteiger partial charge in [-0.1, -0.05) is 0 Å². The molecule has 1 aliphatic heterocycles. The first-order valence-electron chi connectivity index (χ1n) is 7.37. The molecule has 0 aromatic heterocycles. The summed E-state index contributed by atoms with van der Waals surface area (Å²) in [6.07, 6.45) is 3.10. The van der Waals surface area contributed by atoms with Crippen molar-refractivity contribution in [3.8, 4) is 0 Å². The Labute approximate surface area is 115 Å². The second-order valence-electron chi connectivity index (χ2n) is 5.95. The number of nitrogens with zero attached hydrogens (tertiary/aromatic N) is 2. The molecular weight excluding hydrogens is 242 g/mol. The molecule has 0 atom stereocenters. The van der Waals surface area contributed by atoms with Crippen LogP contribution < -0.4 is 5.32 Å². The zero-order valence-corrected chi connectivity index (χ0v) is 12.0. The minimum absolute atomic E-state index is 0.0805. The molecule has 1 aliphatic carbocycles. The van der Waals surface area contributed by atoms with Crippen molar-refractivity contribution in [1.82, 2.24) is 15.1 Å². The lowest BCUT2D eigenvalue weighted by atomic mass is 10.3. The molecule has 19 heavy (non-hydrogen) atoms. The first-order chi connectivity index (χ1) is 9.06. The molecule has 0 radical (unpaired) electrons. The molecule has 2 fully saturated rings. The Hall–Kier alpha value is -1.10. The standard InChI is InChI=1S/C14H25N3O2/c1-11(2)15-13(18)10-16-6-3-7-17(9-8-16)14(19)12-4-5-12/h11-12H,3-10H2,1-2H3,(H,15,18). The summed E-state index contributed by atoms with van der Waals surface area (Å²) in [4.78, 5) is 27.9. The molecule has 2 rings (SSSR count). The first-order valence-corrected chi connectivity index (χ1v) is 7.37. The molecule has 2 amide bonds. The van der Waals surface area contributed by atoms with E-state index in [-0.39, 0.29) is 11.9 Å². The number of carbonyl (C=O) groups is 2. The molecular formula is C14H25N3O2. The van der Waals surface area contributed by atoms with Crippen molar-refractivity contribution >= 4 is 11.8 Å². The third-order valence-electron chi connectivity index (χ3n) is 3.64. The molecule has 0 aromatic carbocycles. The van der Waals surface area contributed by atoms with Crippen molar-refractivity contribution in [1.29, 1.82) is 0 Å². The van der Waals surface area contributed by atoms with E-state index in [1.807, 2.05) is 18.7 Å². The van der Waals surface area contributed by atoms with E-state index in [4.69, 9.17) is 0 Å². The van der Waals surface area contributed by atoms with Gasteiger partial charge in [-0.15, -0.1) is 0 Å². The minimum atomic E-state index is 0.0805. The highest BCUT2D eigenvalue weighted by Crippen LogP contribution is 2.31. The van der Waals surface area contributed by atoms with Gasteiger partial charge >= 0.3 is 0 Å². The van der Waals surface area contributed by atoms with Crippen molar-refractivity contribution in [3.05, 3.63) is 0 Å². The van der Waals surface area contributed by atoms with Crippen molar-refractivity contribution in [2.24, 2.45) is 5.92 Å². The van der Waals surface area contributed by atoms with Crippen molar-refractivity contribution in [3.63, 3.8) is 0 Å². The largest absolute Gasteiger partial charge is 0.353 e. The van der Waals surface area contributed by atoms with Gasteiger partial charge in [0, 0.05) is 38.1 Å². The van der Waals surface area contributed by atoms with Crippen molar-refractivity contribution < 1.29 is 9.59 Å². The van der Waals surface area contributed by atoms with E-state index in [2.05, 4.69) is 10.2 Å². The SMILES string of the molecule is CC(C)NC(=O)CN1CCCN(C(=O)C2CC2)CC1.